The Bertz CT molecular complexity index is 531. The van der Waals surface area contributed by atoms with Gasteiger partial charge in [0.05, 0.1) is 17.7 Å². The molecule has 1 aliphatic rings. The fourth-order valence-electron chi connectivity index (χ4n) is 2.74. The highest BCUT2D eigenvalue weighted by Crippen LogP contribution is 2.41. The molecule has 1 N–H and O–H groups in total. The van der Waals surface area contributed by atoms with E-state index in [0.717, 1.165) is 5.56 Å². The Morgan fingerprint density at radius 1 is 1.40 bits per heavy atom. The summed E-state index contributed by atoms with van der Waals surface area (Å²) >= 11 is 0. The van der Waals surface area contributed by atoms with Crippen molar-refractivity contribution in [1.29, 1.82) is 0 Å². The molecule has 2 unspecified atom stereocenters. The summed E-state index contributed by atoms with van der Waals surface area (Å²) in [4.78, 5) is 29.7. The number of aromatic nitrogens is 1. The summed E-state index contributed by atoms with van der Waals surface area (Å²) in [5, 5.41) is 9.39. The Hall–Kier alpha value is -1.91. The van der Waals surface area contributed by atoms with Gasteiger partial charge in [0.2, 0.25) is 5.91 Å². The molecule has 1 fully saturated rings. The third-order valence-corrected chi connectivity index (χ3v) is 3.60. The molecule has 5 heteroatoms. The van der Waals surface area contributed by atoms with Gasteiger partial charge in [-0.2, -0.15) is 0 Å². The maximum absolute atomic E-state index is 12.2. The van der Waals surface area contributed by atoms with E-state index in [2.05, 4.69) is 4.98 Å². The molecule has 1 aromatic heterocycles. The van der Waals surface area contributed by atoms with Crippen LogP contribution < -0.4 is 0 Å². The predicted octanol–water partition coefficient (Wildman–Crippen LogP) is 2.16. The highest BCUT2D eigenvalue weighted by Gasteiger charge is 2.49. The van der Waals surface area contributed by atoms with E-state index < -0.39 is 23.5 Å². The van der Waals surface area contributed by atoms with Gasteiger partial charge in [0.1, 0.15) is 0 Å². The van der Waals surface area contributed by atoms with Crippen molar-refractivity contribution < 1.29 is 14.7 Å². The molecule has 108 valence electrons. The zero-order valence-corrected chi connectivity index (χ0v) is 12.3. The quantitative estimate of drug-likeness (QED) is 0.898. The van der Waals surface area contributed by atoms with Crippen LogP contribution in [0.15, 0.2) is 18.3 Å². The molecule has 2 rings (SSSR count). The monoisotopic (exact) mass is 276 g/mol. The van der Waals surface area contributed by atoms with E-state index in [-0.39, 0.29) is 12.3 Å². The predicted molar refractivity (Wildman–Crippen MR) is 74.1 cm³/mol. The number of pyridine rings is 1. The van der Waals surface area contributed by atoms with Crippen molar-refractivity contribution >= 4 is 11.9 Å². The van der Waals surface area contributed by atoms with E-state index in [0.29, 0.717) is 5.69 Å². The lowest BCUT2D eigenvalue weighted by Gasteiger charge is -2.37. The topological polar surface area (TPSA) is 70.5 Å². The van der Waals surface area contributed by atoms with Crippen LogP contribution in [0, 0.1) is 12.8 Å². The van der Waals surface area contributed by atoms with Crippen LogP contribution in [0.2, 0.25) is 0 Å². The van der Waals surface area contributed by atoms with Gasteiger partial charge in [0, 0.05) is 18.2 Å². The van der Waals surface area contributed by atoms with Crippen LogP contribution in [-0.4, -0.2) is 32.4 Å². The number of likely N-dealkylation sites (tertiary alicyclic amines) is 1. The summed E-state index contributed by atoms with van der Waals surface area (Å²) in [6.07, 6.45) is 1.74. The van der Waals surface area contributed by atoms with Crippen molar-refractivity contribution in [3.63, 3.8) is 0 Å². The number of nitrogens with zero attached hydrogens (tertiary/aromatic N) is 2. The van der Waals surface area contributed by atoms with E-state index in [1.54, 1.807) is 11.1 Å². The summed E-state index contributed by atoms with van der Waals surface area (Å²) < 4.78 is 0. The summed E-state index contributed by atoms with van der Waals surface area (Å²) in [5.41, 5.74) is 1.22. The maximum Gasteiger partial charge on any atom is 0.309 e. The Labute approximate surface area is 118 Å². The van der Waals surface area contributed by atoms with Crippen molar-refractivity contribution in [3.8, 4) is 0 Å². The first-order valence-electron chi connectivity index (χ1n) is 6.69. The summed E-state index contributed by atoms with van der Waals surface area (Å²) in [6.45, 7) is 7.66. The number of aryl methyl sites for hydroxylation is 1. The summed E-state index contributed by atoms with van der Waals surface area (Å²) in [7, 11) is 0. The number of aliphatic carboxylic acids is 1. The second kappa shape index (κ2) is 4.89. The minimum atomic E-state index is -0.947. The highest BCUT2D eigenvalue weighted by molar-refractivity contribution is 5.87. The van der Waals surface area contributed by atoms with Crippen LogP contribution >= 0.6 is 0 Å². The third kappa shape index (κ3) is 2.53. The van der Waals surface area contributed by atoms with E-state index in [4.69, 9.17) is 0 Å². The van der Waals surface area contributed by atoms with Gasteiger partial charge in [-0.1, -0.05) is 6.07 Å². The molecule has 0 bridgehead atoms. The zero-order chi connectivity index (χ0) is 15.1. The Kier molecular flexibility index (Phi) is 3.54. The Balaban J connectivity index is 2.49. The first-order chi connectivity index (χ1) is 9.21. The Morgan fingerprint density at radius 3 is 2.50 bits per heavy atom. The van der Waals surface area contributed by atoms with Gasteiger partial charge in [-0.25, -0.2) is 0 Å². The second-order valence-electron chi connectivity index (χ2n) is 6.29. The van der Waals surface area contributed by atoms with E-state index in [1.165, 1.54) is 0 Å². The van der Waals surface area contributed by atoms with Gasteiger partial charge in [0.25, 0.3) is 0 Å². The number of carboxylic acid groups (broad SMARTS) is 1. The summed E-state index contributed by atoms with van der Waals surface area (Å²) in [5.74, 6) is -1.81. The minimum absolute atomic E-state index is 0.0346. The molecule has 0 saturated carbocycles. The van der Waals surface area contributed by atoms with E-state index in [1.807, 2.05) is 39.8 Å². The number of hydrogen-bond acceptors (Lipinski definition) is 3. The van der Waals surface area contributed by atoms with Gasteiger partial charge in [0.15, 0.2) is 0 Å². The lowest BCUT2D eigenvalue weighted by atomic mass is 9.94. The van der Waals surface area contributed by atoms with E-state index in [9.17, 15) is 14.7 Å². The number of carbonyl (C=O) groups is 2. The van der Waals surface area contributed by atoms with Crippen molar-refractivity contribution in [3.05, 3.63) is 29.6 Å². The fraction of sp³-hybridized carbons (Fsp3) is 0.533. The molecule has 1 saturated heterocycles. The van der Waals surface area contributed by atoms with Crippen LogP contribution in [0.3, 0.4) is 0 Å². The van der Waals surface area contributed by atoms with Crippen LogP contribution in [0.5, 0.6) is 0 Å². The number of hydrogen-bond donors (Lipinski definition) is 1. The molecule has 0 aliphatic carbocycles. The second-order valence-corrected chi connectivity index (χ2v) is 6.29. The lowest BCUT2D eigenvalue weighted by molar-refractivity contribution is -0.143. The van der Waals surface area contributed by atoms with Crippen molar-refractivity contribution in [1.82, 2.24) is 9.88 Å². The molecule has 0 aromatic carbocycles. The molecule has 1 amide bonds. The molecule has 1 aliphatic heterocycles. The van der Waals surface area contributed by atoms with Crippen LogP contribution in [-0.2, 0) is 9.59 Å². The zero-order valence-electron chi connectivity index (χ0n) is 12.3. The molecule has 2 atom stereocenters. The number of carboxylic acids is 1. The lowest BCUT2D eigenvalue weighted by Crippen LogP contribution is -2.44. The molecule has 1 aromatic rings. The molecule has 0 spiro atoms. The maximum atomic E-state index is 12.2. The van der Waals surface area contributed by atoms with Gasteiger partial charge in [-0.15, -0.1) is 0 Å². The molecular formula is C15H20N2O3. The van der Waals surface area contributed by atoms with Crippen LogP contribution in [0.4, 0.5) is 0 Å². The standard InChI is InChI=1S/C15H20N2O3/c1-9-5-6-11(16-8-9)13-10(14(19)20)7-12(18)17(13)15(2,3)4/h5-6,8,10,13H,7H2,1-4H3,(H,19,20). The van der Waals surface area contributed by atoms with Gasteiger partial charge in [-0.3, -0.25) is 14.6 Å². The molecule has 2 heterocycles. The molecule has 0 radical (unpaired) electrons. The Morgan fingerprint density at radius 2 is 2.05 bits per heavy atom. The normalized spacial score (nSPS) is 23.2. The van der Waals surface area contributed by atoms with E-state index >= 15 is 0 Å². The fourth-order valence-corrected chi connectivity index (χ4v) is 2.74. The molecule has 5 nitrogen and oxygen atoms in total. The first-order valence-corrected chi connectivity index (χ1v) is 6.69. The van der Waals surface area contributed by atoms with Gasteiger partial charge >= 0.3 is 5.97 Å². The first kappa shape index (κ1) is 14.5. The average Bonchev–Trinajstić information content (AvgIpc) is 2.67. The minimum Gasteiger partial charge on any atom is -0.481 e. The number of rotatable bonds is 2. The number of amides is 1. The largest absolute Gasteiger partial charge is 0.481 e. The van der Waals surface area contributed by atoms with Crippen molar-refractivity contribution in [2.75, 3.05) is 0 Å². The SMILES string of the molecule is Cc1ccc(C2C(C(=O)O)CC(=O)N2C(C)(C)C)nc1. The van der Waals surface area contributed by atoms with Crippen molar-refractivity contribution in [2.24, 2.45) is 5.92 Å². The van der Waals surface area contributed by atoms with Gasteiger partial charge in [-0.05, 0) is 39.3 Å². The number of carbonyl (C=O) groups excluding carboxylic acids is 1. The molecular weight excluding hydrogens is 256 g/mol. The van der Waals surface area contributed by atoms with Crippen LogP contribution in [0.25, 0.3) is 0 Å². The van der Waals surface area contributed by atoms with Gasteiger partial charge < -0.3 is 10.0 Å². The average molecular weight is 276 g/mol. The smallest absolute Gasteiger partial charge is 0.309 e. The van der Waals surface area contributed by atoms with Crippen molar-refractivity contribution in [2.45, 2.75) is 45.7 Å². The highest BCUT2D eigenvalue weighted by atomic mass is 16.4. The molecule has 20 heavy (non-hydrogen) atoms. The van der Waals surface area contributed by atoms with Crippen LogP contribution in [0.1, 0.15) is 44.5 Å². The summed E-state index contributed by atoms with van der Waals surface area (Å²) in [6, 6.07) is 3.21. The third-order valence-electron chi connectivity index (χ3n) is 3.60.